The van der Waals surface area contributed by atoms with Crippen molar-refractivity contribution in [3.63, 3.8) is 0 Å². The minimum atomic E-state index is -0.179. The van der Waals surface area contributed by atoms with Crippen LogP contribution in [0.5, 0.6) is 0 Å². The third-order valence-corrected chi connectivity index (χ3v) is 4.24. The normalized spacial score (nSPS) is 11.3. The molecule has 0 bridgehead atoms. The SMILES string of the molecule is O=C(/C=C/c1sc2ccccc2c1Cl)NCCCO. The lowest BCUT2D eigenvalue weighted by Gasteiger charge is -1.98. The van der Waals surface area contributed by atoms with E-state index in [4.69, 9.17) is 16.7 Å². The predicted octanol–water partition coefficient (Wildman–Crippen LogP) is 3.07. The number of fused-ring (bicyclic) bond motifs is 1. The van der Waals surface area contributed by atoms with Gasteiger partial charge in [-0.3, -0.25) is 4.79 Å². The van der Waals surface area contributed by atoms with Crippen LogP contribution in [0.1, 0.15) is 11.3 Å². The van der Waals surface area contributed by atoms with Crippen molar-refractivity contribution in [1.82, 2.24) is 5.32 Å². The Kier molecular flexibility index (Phi) is 4.96. The van der Waals surface area contributed by atoms with Crippen LogP contribution in [0.4, 0.5) is 0 Å². The molecule has 0 radical (unpaired) electrons. The molecule has 100 valence electrons. The molecule has 0 saturated carbocycles. The highest BCUT2D eigenvalue weighted by molar-refractivity contribution is 7.20. The summed E-state index contributed by atoms with van der Waals surface area (Å²) < 4.78 is 1.10. The number of halogens is 1. The maximum absolute atomic E-state index is 11.5. The number of rotatable bonds is 5. The van der Waals surface area contributed by atoms with Crippen molar-refractivity contribution in [2.45, 2.75) is 6.42 Å². The maximum atomic E-state index is 11.5. The molecule has 0 atom stereocenters. The van der Waals surface area contributed by atoms with E-state index in [2.05, 4.69) is 5.32 Å². The number of aliphatic hydroxyl groups excluding tert-OH is 1. The van der Waals surface area contributed by atoms with Crippen LogP contribution in [0.3, 0.4) is 0 Å². The molecule has 19 heavy (non-hydrogen) atoms. The smallest absolute Gasteiger partial charge is 0.244 e. The van der Waals surface area contributed by atoms with Crippen LogP contribution >= 0.6 is 22.9 Å². The molecule has 0 spiro atoms. The molecule has 2 rings (SSSR count). The number of thiophene rings is 1. The Hall–Kier alpha value is -1.36. The number of benzene rings is 1. The molecular weight excluding hydrogens is 282 g/mol. The van der Waals surface area contributed by atoms with E-state index in [1.165, 1.54) is 6.08 Å². The van der Waals surface area contributed by atoms with Crippen LogP contribution in [0.15, 0.2) is 30.3 Å². The van der Waals surface area contributed by atoms with Crippen molar-refractivity contribution in [2.24, 2.45) is 0 Å². The molecule has 0 unspecified atom stereocenters. The summed E-state index contributed by atoms with van der Waals surface area (Å²) in [6.45, 7) is 0.548. The molecule has 1 heterocycles. The Morgan fingerprint density at radius 1 is 1.42 bits per heavy atom. The first-order valence-corrected chi connectivity index (χ1v) is 7.15. The third kappa shape index (κ3) is 3.56. The molecular formula is C14H14ClNO2S. The summed E-state index contributed by atoms with van der Waals surface area (Å²) in [5.41, 5.74) is 0. The molecule has 0 aliphatic heterocycles. The maximum Gasteiger partial charge on any atom is 0.244 e. The zero-order chi connectivity index (χ0) is 13.7. The van der Waals surface area contributed by atoms with Gasteiger partial charge in [0.2, 0.25) is 5.91 Å². The second kappa shape index (κ2) is 6.70. The molecule has 5 heteroatoms. The monoisotopic (exact) mass is 295 g/mol. The van der Waals surface area contributed by atoms with Gasteiger partial charge in [-0.05, 0) is 18.6 Å². The Balaban J connectivity index is 2.08. The number of hydrogen-bond donors (Lipinski definition) is 2. The average Bonchev–Trinajstić information content (AvgIpc) is 2.74. The molecule has 2 aromatic rings. The van der Waals surface area contributed by atoms with Crippen molar-refractivity contribution >= 4 is 45.0 Å². The summed E-state index contributed by atoms with van der Waals surface area (Å²) >= 11 is 7.82. The van der Waals surface area contributed by atoms with Crippen molar-refractivity contribution < 1.29 is 9.90 Å². The van der Waals surface area contributed by atoms with Crippen molar-refractivity contribution in [3.8, 4) is 0 Å². The van der Waals surface area contributed by atoms with E-state index in [0.717, 1.165) is 15.0 Å². The molecule has 3 nitrogen and oxygen atoms in total. The summed E-state index contributed by atoms with van der Waals surface area (Å²) in [6, 6.07) is 7.87. The molecule has 0 aliphatic rings. The molecule has 1 amide bonds. The van der Waals surface area contributed by atoms with E-state index in [0.29, 0.717) is 18.0 Å². The molecule has 1 aromatic carbocycles. The van der Waals surface area contributed by atoms with E-state index >= 15 is 0 Å². The van der Waals surface area contributed by atoms with Crippen LogP contribution in [0, 0.1) is 0 Å². The topological polar surface area (TPSA) is 49.3 Å². The zero-order valence-corrected chi connectivity index (χ0v) is 11.8. The van der Waals surface area contributed by atoms with Gasteiger partial charge >= 0.3 is 0 Å². The van der Waals surface area contributed by atoms with Crippen molar-refractivity contribution in [2.75, 3.05) is 13.2 Å². The minimum Gasteiger partial charge on any atom is -0.396 e. The second-order valence-electron chi connectivity index (χ2n) is 3.98. The van der Waals surface area contributed by atoms with Gasteiger partial charge in [0.05, 0.1) is 5.02 Å². The van der Waals surface area contributed by atoms with Crippen LogP contribution in [-0.2, 0) is 4.79 Å². The van der Waals surface area contributed by atoms with E-state index in [-0.39, 0.29) is 12.5 Å². The van der Waals surface area contributed by atoms with Crippen LogP contribution in [0.25, 0.3) is 16.2 Å². The van der Waals surface area contributed by atoms with Gasteiger partial charge in [-0.15, -0.1) is 11.3 Å². The van der Waals surface area contributed by atoms with Gasteiger partial charge in [0.1, 0.15) is 0 Å². The summed E-state index contributed by atoms with van der Waals surface area (Å²) in [5.74, 6) is -0.179. The highest BCUT2D eigenvalue weighted by Crippen LogP contribution is 2.35. The fourth-order valence-corrected chi connectivity index (χ4v) is 3.04. The summed E-state index contributed by atoms with van der Waals surface area (Å²) in [5, 5.41) is 13.0. The number of carbonyl (C=O) groups is 1. The summed E-state index contributed by atoms with van der Waals surface area (Å²) in [6.07, 6.45) is 3.75. The zero-order valence-electron chi connectivity index (χ0n) is 10.2. The number of hydrogen-bond acceptors (Lipinski definition) is 3. The lowest BCUT2D eigenvalue weighted by Crippen LogP contribution is -2.22. The largest absolute Gasteiger partial charge is 0.396 e. The predicted molar refractivity (Wildman–Crippen MR) is 80.6 cm³/mol. The average molecular weight is 296 g/mol. The first kappa shape index (κ1) is 14.1. The van der Waals surface area contributed by atoms with Crippen molar-refractivity contribution in [1.29, 1.82) is 0 Å². The minimum absolute atomic E-state index is 0.0755. The van der Waals surface area contributed by atoms with Gasteiger partial charge in [0.15, 0.2) is 0 Å². The first-order chi connectivity index (χ1) is 9.22. The van der Waals surface area contributed by atoms with E-state index < -0.39 is 0 Å². The first-order valence-electron chi connectivity index (χ1n) is 5.96. The summed E-state index contributed by atoms with van der Waals surface area (Å²) in [7, 11) is 0. The molecule has 0 saturated heterocycles. The van der Waals surface area contributed by atoms with Gasteiger partial charge in [-0.1, -0.05) is 29.8 Å². The Morgan fingerprint density at radius 2 is 2.21 bits per heavy atom. The van der Waals surface area contributed by atoms with E-state index in [1.807, 2.05) is 24.3 Å². The lowest BCUT2D eigenvalue weighted by atomic mass is 10.2. The van der Waals surface area contributed by atoms with Gasteiger partial charge in [0.25, 0.3) is 0 Å². The molecule has 2 N–H and O–H groups in total. The van der Waals surface area contributed by atoms with Gasteiger partial charge in [0, 0.05) is 34.2 Å². The Labute approximate surface area is 120 Å². The fraction of sp³-hybridized carbons (Fsp3) is 0.214. The quantitative estimate of drug-likeness (QED) is 0.658. The molecule has 0 fully saturated rings. The number of nitrogens with one attached hydrogen (secondary N) is 1. The van der Waals surface area contributed by atoms with Crippen LogP contribution in [-0.4, -0.2) is 24.2 Å². The number of aliphatic hydroxyl groups is 1. The van der Waals surface area contributed by atoms with Gasteiger partial charge in [-0.25, -0.2) is 0 Å². The standard InChI is InChI=1S/C14H14ClNO2S/c15-14-10-4-1-2-5-11(10)19-12(14)6-7-13(18)16-8-3-9-17/h1-2,4-7,17H,3,8-9H2,(H,16,18)/b7-6+. The van der Waals surface area contributed by atoms with E-state index in [1.54, 1.807) is 17.4 Å². The molecule has 1 aromatic heterocycles. The highest BCUT2D eigenvalue weighted by atomic mass is 35.5. The van der Waals surface area contributed by atoms with Gasteiger partial charge in [-0.2, -0.15) is 0 Å². The second-order valence-corrected chi connectivity index (χ2v) is 5.44. The van der Waals surface area contributed by atoms with Crippen molar-refractivity contribution in [3.05, 3.63) is 40.2 Å². The number of amides is 1. The van der Waals surface area contributed by atoms with E-state index in [9.17, 15) is 4.79 Å². The highest BCUT2D eigenvalue weighted by Gasteiger charge is 2.07. The fourth-order valence-electron chi connectivity index (χ4n) is 1.64. The third-order valence-electron chi connectivity index (χ3n) is 2.58. The summed E-state index contributed by atoms with van der Waals surface area (Å²) in [4.78, 5) is 12.4. The Morgan fingerprint density at radius 3 is 2.95 bits per heavy atom. The Bertz CT molecular complexity index is 607. The van der Waals surface area contributed by atoms with Gasteiger partial charge < -0.3 is 10.4 Å². The lowest BCUT2D eigenvalue weighted by molar-refractivity contribution is -0.116. The van der Waals surface area contributed by atoms with Crippen LogP contribution in [0.2, 0.25) is 5.02 Å². The molecule has 0 aliphatic carbocycles. The number of carbonyl (C=O) groups excluding carboxylic acids is 1. The van der Waals surface area contributed by atoms with Crippen LogP contribution < -0.4 is 5.32 Å².